The summed E-state index contributed by atoms with van der Waals surface area (Å²) in [5, 5.41) is 0. The van der Waals surface area contributed by atoms with Crippen molar-refractivity contribution in [3.63, 3.8) is 0 Å². The summed E-state index contributed by atoms with van der Waals surface area (Å²) in [6.45, 7) is 0. The van der Waals surface area contributed by atoms with Gasteiger partial charge in [0.2, 0.25) is 5.95 Å². The summed E-state index contributed by atoms with van der Waals surface area (Å²) in [5.41, 5.74) is 5.45. The Morgan fingerprint density at radius 2 is 2.18 bits per heavy atom. The average molecular weight is 256 g/mol. The second kappa shape index (κ2) is 4.06. The fraction of sp³-hybridized carbons (Fsp3) is 0. The first-order valence-corrected chi connectivity index (χ1v) is 6.04. The van der Waals surface area contributed by atoms with Crippen molar-refractivity contribution in [1.29, 1.82) is 0 Å². The van der Waals surface area contributed by atoms with Crippen LogP contribution in [0.1, 0.15) is 0 Å². The first-order chi connectivity index (χ1) is 7.99. The zero-order valence-electron chi connectivity index (χ0n) is 8.51. The maximum absolute atomic E-state index is 13.0. The number of aromatic nitrogens is 2. The van der Waals surface area contributed by atoms with Gasteiger partial charge in [-0.3, -0.25) is 0 Å². The van der Waals surface area contributed by atoms with Crippen LogP contribution in [0.2, 0.25) is 0 Å². The molecule has 0 saturated heterocycles. The molecule has 0 amide bonds. The van der Waals surface area contributed by atoms with Gasteiger partial charge in [0, 0.05) is 12.4 Å². The number of nitrogens with two attached hydrogens (primary N) is 1. The quantitative estimate of drug-likeness (QED) is 0.711. The van der Waals surface area contributed by atoms with Gasteiger partial charge in [-0.2, -0.15) is 0 Å². The first-order valence-electron chi connectivity index (χ1n) is 4.56. The lowest BCUT2D eigenvalue weighted by Crippen LogP contribution is -2.15. The Hall–Kier alpha value is -2.09. The molecule has 0 spiro atoms. The van der Waals surface area contributed by atoms with Gasteiger partial charge in [0.05, 0.1) is 5.69 Å². The Bertz CT molecular complexity index is 624. The van der Waals surface area contributed by atoms with Crippen LogP contribution in [0, 0.1) is 5.82 Å². The van der Waals surface area contributed by atoms with Gasteiger partial charge in [0.15, 0.2) is 0 Å². The highest BCUT2D eigenvalue weighted by Gasteiger charge is 2.19. The van der Waals surface area contributed by atoms with Gasteiger partial charge < -0.3 is 10.7 Å². The second-order valence-corrected chi connectivity index (χ2v) is 4.88. The number of aromatic amines is 1. The van der Waals surface area contributed by atoms with Gasteiger partial charge in [0.25, 0.3) is 10.0 Å². The summed E-state index contributed by atoms with van der Waals surface area (Å²) in [7, 11) is -3.95. The highest BCUT2D eigenvalue weighted by Crippen LogP contribution is 2.21. The third-order valence-electron chi connectivity index (χ3n) is 1.99. The van der Waals surface area contributed by atoms with Crippen molar-refractivity contribution in [2.24, 2.45) is 0 Å². The molecule has 4 N–H and O–H groups in total. The van der Waals surface area contributed by atoms with Crippen molar-refractivity contribution >= 4 is 21.7 Å². The van der Waals surface area contributed by atoms with E-state index < -0.39 is 15.8 Å². The molecule has 0 aliphatic rings. The third-order valence-corrected chi connectivity index (χ3v) is 3.39. The highest BCUT2D eigenvalue weighted by atomic mass is 32.2. The molecule has 17 heavy (non-hydrogen) atoms. The molecule has 0 aliphatic carbocycles. The topological polar surface area (TPSA) is 101 Å². The first kappa shape index (κ1) is 11.4. The van der Waals surface area contributed by atoms with Gasteiger partial charge in [-0.25, -0.2) is 22.5 Å². The van der Waals surface area contributed by atoms with E-state index in [1.165, 1.54) is 18.5 Å². The Balaban J connectivity index is 2.41. The molecule has 1 heterocycles. The number of sulfonamides is 1. The summed E-state index contributed by atoms with van der Waals surface area (Å²) in [6, 6.07) is 3.12. The van der Waals surface area contributed by atoms with E-state index >= 15 is 0 Å². The second-order valence-electron chi connectivity index (χ2n) is 3.23. The Morgan fingerprint density at radius 1 is 1.41 bits per heavy atom. The summed E-state index contributed by atoms with van der Waals surface area (Å²) in [5.74, 6) is -0.646. The number of halogens is 1. The Kier molecular flexibility index (Phi) is 2.72. The van der Waals surface area contributed by atoms with Crippen LogP contribution in [-0.2, 0) is 10.0 Å². The van der Waals surface area contributed by atoms with Gasteiger partial charge in [-0.15, -0.1) is 0 Å². The third kappa shape index (κ3) is 2.36. The van der Waals surface area contributed by atoms with Crippen molar-refractivity contribution in [1.82, 2.24) is 9.97 Å². The van der Waals surface area contributed by atoms with E-state index in [0.717, 1.165) is 12.1 Å². The number of hydrogen-bond acceptors (Lipinski definition) is 4. The van der Waals surface area contributed by atoms with Crippen LogP contribution in [0.3, 0.4) is 0 Å². The van der Waals surface area contributed by atoms with Crippen molar-refractivity contribution < 1.29 is 12.8 Å². The van der Waals surface area contributed by atoms with E-state index in [9.17, 15) is 12.8 Å². The molecule has 0 unspecified atom stereocenters. The van der Waals surface area contributed by atoms with Crippen LogP contribution in [-0.4, -0.2) is 18.4 Å². The predicted molar refractivity (Wildman–Crippen MR) is 60.2 cm³/mol. The van der Waals surface area contributed by atoms with Crippen LogP contribution in [0.5, 0.6) is 0 Å². The largest absolute Gasteiger partial charge is 0.398 e. The monoisotopic (exact) mass is 256 g/mol. The average Bonchev–Trinajstić information content (AvgIpc) is 2.73. The lowest BCUT2D eigenvalue weighted by Gasteiger charge is -2.07. The number of hydrogen-bond donors (Lipinski definition) is 3. The van der Waals surface area contributed by atoms with Crippen molar-refractivity contribution in [2.75, 3.05) is 10.5 Å². The number of anilines is 2. The Morgan fingerprint density at radius 3 is 2.82 bits per heavy atom. The number of nitrogens with one attached hydrogen (secondary N) is 2. The molecular formula is C9H9FN4O2S. The molecular weight excluding hydrogens is 247 g/mol. The van der Waals surface area contributed by atoms with Gasteiger partial charge in [-0.1, -0.05) is 0 Å². The van der Waals surface area contributed by atoms with E-state index in [1.807, 2.05) is 0 Å². The number of nitrogen functional groups attached to an aromatic ring is 1. The number of H-pyrrole nitrogens is 1. The molecule has 0 aliphatic heterocycles. The van der Waals surface area contributed by atoms with Gasteiger partial charge in [0.1, 0.15) is 10.7 Å². The lowest BCUT2D eigenvalue weighted by molar-refractivity contribution is 0.595. The number of rotatable bonds is 3. The maximum Gasteiger partial charge on any atom is 0.266 e. The summed E-state index contributed by atoms with van der Waals surface area (Å²) in [4.78, 5) is 5.93. The van der Waals surface area contributed by atoms with Crippen LogP contribution >= 0.6 is 0 Å². The predicted octanol–water partition coefficient (Wildman–Crippen LogP) is 0.932. The van der Waals surface area contributed by atoms with Crippen molar-refractivity contribution in [3.05, 3.63) is 36.4 Å². The van der Waals surface area contributed by atoms with Crippen molar-refractivity contribution in [3.8, 4) is 0 Å². The van der Waals surface area contributed by atoms with E-state index in [0.29, 0.717) is 0 Å². The number of nitrogens with zero attached hydrogens (tertiary/aromatic N) is 1. The van der Waals surface area contributed by atoms with E-state index in [4.69, 9.17) is 5.73 Å². The molecule has 0 atom stereocenters. The molecule has 0 bridgehead atoms. The van der Waals surface area contributed by atoms with Crippen LogP contribution in [0.15, 0.2) is 35.5 Å². The molecule has 0 radical (unpaired) electrons. The maximum atomic E-state index is 13.0. The molecule has 1 aromatic heterocycles. The minimum atomic E-state index is -3.95. The minimum Gasteiger partial charge on any atom is -0.398 e. The molecule has 8 heteroatoms. The summed E-state index contributed by atoms with van der Waals surface area (Å²) in [6.07, 6.45) is 2.83. The number of benzene rings is 1. The molecule has 2 rings (SSSR count). The fourth-order valence-electron chi connectivity index (χ4n) is 1.24. The smallest absolute Gasteiger partial charge is 0.266 e. The van der Waals surface area contributed by atoms with Crippen LogP contribution in [0.25, 0.3) is 0 Å². The van der Waals surface area contributed by atoms with Crippen LogP contribution < -0.4 is 10.5 Å². The fourth-order valence-corrected chi connectivity index (χ4v) is 2.37. The van der Waals surface area contributed by atoms with E-state index in [-0.39, 0.29) is 16.5 Å². The molecule has 2 aromatic rings. The Labute approximate surface area is 96.7 Å². The minimum absolute atomic E-state index is 0.0358. The summed E-state index contributed by atoms with van der Waals surface area (Å²) < 4.78 is 38.8. The molecule has 0 saturated carbocycles. The number of imidazole rings is 1. The standard InChI is InChI=1S/C9H9FN4O2S/c10-6-1-2-7(11)8(5-6)17(15,16)14-9-12-3-4-13-9/h1-5H,11H2,(H2,12,13,14). The zero-order chi connectivity index (χ0) is 12.5. The van der Waals surface area contributed by atoms with E-state index in [1.54, 1.807) is 0 Å². The normalized spacial score (nSPS) is 11.4. The summed E-state index contributed by atoms with van der Waals surface area (Å²) >= 11 is 0. The SMILES string of the molecule is Nc1ccc(F)cc1S(=O)(=O)Nc1ncc[nH]1. The molecule has 0 fully saturated rings. The van der Waals surface area contributed by atoms with Crippen molar-refractivity contribution in [2.45, 2.75) is 4.90 Å². The van der Waals surface area contributed by atoms with Gasteiger partial charge in [-0.05, 0) is 18.2 Å². The zero-order valence-corrected chi connectivity index (χ0v) is 9.33. The highest BCUT2D eigenvalue weighted by molar-refractivity contribution is 7.92. The molecule has 1 aromatic carbocycles. The van der Waals surface area contributed by atoms with E-state index in [2.05, 4.69) is 14.7 Å². The van der Waals surface area contributed by atoms with Gasteiger partial charge >= 0.3 is 0 Å². The molecule has 90 valence electrons. The molecule has 6 nitrogen and oxygen atoms in total. The van der Waals surface area contributed by atoms with Crippen LogP contribution in [0.4, 0.5) is 16.0 Å². The lowest BCUT2D eigenvalue weighted by atomic mass is 10.3.